The van der Waals surface area contributed by atoms with Gasteiger partial charge in [-0.2, -0.15) is 9.40 Å². The minimum Gasteiger partial charge on any atom is -0.384 e. The number of sulfonamides is 1. The van der Waals surface area contributed by atoms with Crippen LogP contribution in [0.1, 0.15) is 17.7 Å². The summed E-state index contributed by atoms with van der Waals surface area (Å²) in [4.78, 5) is 6.74. The summed E-state index contributed by atoms with van der Waals surface area (Å²) in [6.45, 7) is 3.81. The van der Waals surface area contributed by atoms with Gasteiger partial charge in [-0.1, -0.05) is 5.57 Å². The van der Waals surface area contributed by atoms with Gasteiger partial charge in [0.05, 0.1) is 37.4 Å². The molecule has 0 radical (unpaired) electrons. The molecule has 0 spiro atoms. The number of aromatic nitrogens is 3. The molecule has 38 heavy (non-hydrogen) atoms. The SMILES string of the molecule is COC[C@]12Cc3cnn(-c4ccc(F)cc4)c3C=C1CCN(S(=O)(=O)c1ccc(N3CCOCC3)nc1)C2. The number of fused-ring (bicyclic) bond motifs is 2. The van der Waals surface area contributed by atoms with Gasteiger partial charge in [0.15, 0.2) is 0 Å². The number of anilines is 1. The highest BCUT2D eigenvalue weighted by molar-refractivity contribution is 7.89. The predicted octanol–water partition coefficient (Wildman–Crippen LogP) is 2.91. The van der Waals surface area contributed by atoms with Crippen molar-refractivity contribution in [3.8, 4) is 5.69 Å². The van der Waals surface area contributed by atoms with Crippen molar-refractivity contribution in [2.75, 3.05) is 58.0 Å². The zero-order chi connectivity index (χ0) is 26.3. The first kappa shape index (κ1) is 25.2. The molecule has 1 atom stereocenters. The molecule has 9 nitrogen and oxygen atoms in total. The molecule has 11 heteroatoms. The maximum atomic E-state index is 13.7. The van der Waals surface area contributed by atoms with E-state index in [2.05, 4.69) is 21.1 Å². The van der Waals surface area contributed by atoms with E-state index in [0.717, 1.165) is 41.4 Å². The quantitative estimate of drug-likeness (QED) is 0.476. The normalized spacial score (nSPS) is 22.1. The second-order valence-corrected chi connectivity index (χ2v) is 12.0. The summed E-state index contributed by atoms with van der Waals surface area (Å²) in [7, 11) is -2.10. The number of methoxy groups -OCH3 is 1. The summed E-state index contributed by atoms with van der Waals surface area (Å²) in [5.41, 5.74) is 3.37. The Morgan fingerprint density at radius 3 is 2.58 bits per heavy atom. The Morgan fingerprint density at radius 2 is 1.87 bits per heavy atom. The van der Waals surface area contributed by atoms with Crippen LogP contribution >= 0.6 is 0 Å². The van der Waals surface area contributed by atoms with Crippen molar-refractivity contribution in [1.82, 2.24) is 19.1 Å². The van der Waals surface area contributed by atoms with Gasteiger partial charge in [-0.3, -0.25) is 0 Å². The van der Waals surface area contributed by atoms with E-state index in [9.17, 15) is 12.8 Å². The number of hydrogen-bond acceptors (Lipinski definition) is 7. The van der Waals surface area contributed by atoms with E-state index in [1.165, 1.54) is 18.3 Å². The highest BCUT2D eigenvalue weighted by Gasteiger charge is 2.46. The van der Waals surface area contributed by atoms with Crippen molar-refractivity contribution >= 4 is 21.9 Å². The molecular weight excluding hydrogens is 509 g/mol. The van der Waals surface area contributed by atoms with Crippen LogP contribution in [0.25, 0.3) is 11.8 Å². The molecule has 0 saturated carbocycles. The van der Waals surface area contributed by atoms with E-state index in [4.69, 9.17) is 9.47 Å². The summed E-state index contributed by atoms with van der Waals surface area (Å²) in [5.74, 6) is 0.455. The molecule has 4 heterocycles. The van der Waals surface area contributed by atoms with Gasteiger partial charge in [0, 0.05) is 44.9 Å². The number of rotatable bonds is 6. The molecule has 0 bridgehead atoms. The monoisotopic (exact) mass is 539 g/mol. The second kappa shape index (κ2) is 9.88. The van der Waals surface area contributed by atoms with Crippen molar-refractivity contribution in [3.05, 3.63) is 71.4 Å². The number of halogens is 1. The van der Waals surface area contributed by atoms with Crippen molar-refractivity contribution in [2.45, 2.75) is 17.7 Å². The molecule has 3 aromatic rings. The van der Waals surface area contributed by atoms with Gasteiger partial charge >= 0.3 is 0 Å². The highest BCUT2D eigenvalue weighted by Crippen LogP contribution is 2.45. The molecule has 2 saturated heterocycles. The minimum absolute atomic E-state index is 0.190. The fraction of sp³-hybridized carbons (Fsp3) is 0.407. The average Bonchev–Trinajstić information content (AvgIpc) is 3.34. The lowest BCUT2D eigenvalue weighted by Crippen LogP contribution is -2.51. The maximum Gasteiger partial charge on any atom is 0.244 e. The zero-order valence-electron chi connectivity index (χ0n) is 21.2. The smallest absolute Gasteiger partial charge is 0.244 e. The Morgan fingerprint density at radius 1 is 1.08 bits per heavy atom. The highest BCUT2D eigenvalue weighted by atomic mass is 32.2. The van der Waals surface area contributed by atoms with Crippen LogP contribution in [0.3, 0.4) is 0 Å². The predicted molar refractivity (Wildman–Crippen MR) is 140 cm³/mol. The summed E-state index contributed by atoms with van der Waals surface area (Å²) in [6, 6.07) is 9.65. The topological polar surface area (TPSA) is 89.8 Å². The van der Waals surface area contributed by atoms with Crippen LogP contribution in [0, 0.1) is 11.2 Å². The molecule has 6 rings (SSSR count). The van der Waals surface area contributed by atoms with Gasteiger partial charge in [-0.05, 0) is 60.9 Å². The number of pyridine rings is 1. The van der Waals surface area contributed by atoms with Crippen LogP contribution in [0.5, 0.6) is 0 Å². The van der Waals surface area contributed by atoms with E-state index < -0.39 is 15.4 Å². The van der Waals surface area contributed by atoms with Crippen LogP contribution in [0.15, 0.2) is 59.3 Å². The zero-order valence-corrected chi connectivity index (χ0v) is 22.0. The van der Waals surface area contributed by atoms with E-state index in [1.807, 2.05) is 10.9 Å². The Kier molecular flexibility index (Phi) is 6.55. The molecule has 0 N–H and O–H groups in total. The van der Waals surface area contributed by atoms with Crippen LogP contribution in [0.2, 0.25) is 0 Å². The first-order valence-corrected chi connectivity index (χ1v) is 14.2. The van der Waals surface area contributed by atoms with Gasteiger partial charge in [-0.25, -0.2) is 22.5 Å². The lowest BCUT2D eigenvalue weighted by Gasteiger charge is -2.45. The summed E-state index contributed by atoms with van der Waals surface area (Å²) < 4.78 is 55.3. The Bertz CT molecular complexity index is 1450. The van der Waals surface area contributed by atoms with Crippen LogP contribution < -0.4 is 4.90 Å². The van der Waals surface area contributed by atoms with Crippen molar-refractivity contribution in [3.63, 3.8) is 0 Å². The molecule has 1 aromatic carbocycles. The minimum atomic E-state index is -3.75. The molecule has 3 aliphatic rings. The molecule has 200 valence electrons. The first-order chi connectivity index (χ1) is 18.4. The molecule has 2 aromatic heterocycles. The molecule has 2 fully saturated rings. The third-order valence-electron chi connectivity index (χ3n) is 7.70. The Hall–Kier alpha value is -3.12. The molecule has 2 aliphatic heterocycles. The van der Waals surface area contributed by atoms with Gasteiger partial charge in [0.1, 0.15) is 16.5 Å². The standard InChI is InChI=1S/C27H30FN5O4S/c1-36-19-27-15-20-16-30-33(23-4-2-22(28)3-5-23)25(20)14-21(27)8-9-32(18-27)38(34,35)24-6-7-26(29-17-24)31-10-12-37-13-11-31/h2-7,14,16-17H,8-13,15,18-19H2,1H3/t27-/m1/s1. The molecule has 1 aliphatic carbocycles. The largest absolute Gasteiger partial charge is 0.384 e. The summed E-state index contributed by atoms with van der Waals surface area (Å²) in [5, 5.41) is 4.57. The van der Waals surface area contributed by atoms with Crippen molar-refractivity contribution < 1.29 is 22.3 Å². The van der Waals surface area contributed by atoms with E-state index in [0.29, 0.717) is 45.8 Å². The third-order valence-corrected chi connectivity index (χ3v) is 9.53. The van der Waals surface area contributed by atoms with Crippen molar-refractivity contribution in [1.29, 1.82) is 0 Å². The number of benzene rings is 1. The lowest BCUT2D eigenvalue weighted by atomic mass is 9.69. The summed E-state index contributed by atoms with van der Waals surface area (Å²) >= 11 is 0. The first-order valence-electron chi connectivity index (χ1n) is 12.7. The van der Waals surface area contributed by atoms with E-state index >= 15 is 0 Å². The van der Waals surface area contributed by atoms with Gasteiger partial charge in [0.2, 0.25) is 10.0 Å². The van der Waals surface area contributed by atoms with Crippen LogP contribution in [-0.4, -0.2) is 80.6 Å². The number of morpholine rings is 1. The lowest BCUT2D eigenvalue weighted by molar-refractivity contribution is 0.0733. The van der Waals surface area contributed by atoms with Crippen LogP contribution in [0.4, 0.5) is 10.2 Å². The fourth-order valence-corrected chi connectivity index (χ4v) is 7.22. The van der Waals surface area contributed by atoms with Gasteiger partial charge in [0.25, 0.3) is 0 Å². The molecule has 0 unspecified atom stereocenters. The summed E-state index contributed by atoms with van der Waals surface area (Å²) in [6.07, 6.45) is 6.56. The van der Waals surface area contributed by atoms with Crippen LogP contribution in [-0.2, 0) is 25.9 Å². The Labute approximate surface area is 221 Å². The van der Waals surface area contributed by atoms with E-state index in [-0.39, 0.29) is 10.7 Å². The number of nitrogens with zero attached hydrogens (tertiary/aromatic N) is 5. The second-order valence-electron chi connectivity index (χ2n) is 10.0. The van der Waals surface area contributed by atoms with Gasteiger partial charge in [-0.15, -0.1) is 0 Å². The number of hydrogen-bond donors (Lipinski definition) is 0. The Balaban J connectivity index is 1.27. The third kappa shape index (κ3) is 4.43. The number of piperidine rings is 1. The average molecular weight is 540 g/mol. The maximum absolute atomic E-state index is 13.7. The van der Waals surface area contributed by atoms with Gasteiger partial charge < -0.3 is 14.4 Å². The molecular formula is C27H30FN5O4S. The van der Waals surface area contributed by atoms with Crippen molar-refractivity contribution in [2.24, 2.45) is 5.41 Å². The number of ether oxygens (including phenoxy) is 2. The van der Waals surface area contributed by atoms with E-state index in [1.54, 1.807) is 35.7 Å². The fourth-order valence-electron chi connectivity index (χ4n) is 5.75. The molecule has 0 amide bonds.